The first-order valence-corrected chi connectivity index (χ1v) is 5.91. The fourth-order valence-electron chi connectivity index (χ4n) is 2.66. The molecule has 2 rings (SSSR count). The van der Waals surface area contributed by atoms with Crippen molar-refractivity contribution in [1.82, 2.24) is 10.2 Å². The van der Waals surface area contributed by atoms with Crippen LogP contribution in [0.25, 0.3) is 0 Å². The van der Waals surface area contributed by atoms with Crippen molar-refractivity contribution >= 4 is 5.97 Å². The second-order valence-corrected chi connectivity index (χ2v) is 5.24. The molecule has 2 saturated heterocycles. The van der Waals surface area contributed by atoms with Crippen molar-refractivity contribution in [1.29, 1.82) is 0 Å². The first-order chi connectivity index (χ1) is 7.47. The van der Waals surface area contributed by atoms with Gasteiger partial charge in [-0.05, 0) is 32.7 Å². The number of carbonyl (C=O) groups is 1. The maximum atomic E-state index is 10.8. The van der Waals surface area contributed by atoms with Crippen LogP contribution < -0.4 is 5.32 Å². The van der Waals surface area contributed by atoms with Crippen molar-refractivity contribution in [2.75, 3.05) is 19.6 Å². The predicted molar refractivity (Wildman–Crippen MR) is 59.3 cm³/mol. The molecule has 16 heavy (non-hydrogen) atoms. The van der Waals surface area contributed by atoms with Crippen LogP contribution in [0, 0.1) is 0 Å². The lowest BCUT2D eigenvalue weighted by atomic mass is 10.0. The summed E-state index contributed by atoms with van der Waals surface area (Å²) < 4.78 is 0. The summed E-state index contributed by atoms with van der Waals surface area (Å²) in [5.74, 6) is -1.14. The summed E-state index contributed by atoms with van der Waals surface area (Å²) in [5.41, 5.74) is -1.64. The zero-order chi connectivity index (χ0) is 11.8. The number of hydrogen-bond acceptors (Lipinski definition) is 4. The van der Waals surface area contributed by atoms with Crippen LogP contribution in [-0.2, 0) is 4.79 Å². The van der Waals surface area contributed by atoms with E-state index in [1.54, 1.807) is 0 Å². The Hall–Kier alpha value is -0.650. The smallest absolute Gasteiger partial charge is 0.336 e. The fraction of sp³-hybridized carbons (Fsp3) is 0.909. The monoisotopic (exact) mass is 228 g/mol. The van der Waals surface area contributed by atoms with Crippen molar-refractivity contribution < 1.29 is 15.0 Å². The number of carboxylic acid groups (broad SMARTS) is 1. The molecule has 0 saturated carbocycles. The second kappa shape index (κ2) is 4.31. The van der Waals surface area contributed by atoms with Crippen LogP contribution in [0.15, 0.2) is 0 Å². The van der Waals surface area contributed by atoms with E-state index in [-0.39, 0.29) is 6.54 Å². The number of fused-ring (bicyclic) bond motifs is 2. The average Bonchev–Trinajstić information content (AvgIpc) is 2.50. The van der Waals surface area contributed by atoms with Gasteiger partial charge in [-0.15, -0.1) is 0 Å². The van der Waals surface area contributed by atoms with E-state index in [2.05, 4.69) is 10.2 Å². The van der Waals surface area contributed by atoms with Gasteiger partial charge in [0, 0.05) is 25.2 Å². The molecule has 0 aromatic rings. The Bertz CT molecular complexity index is 280. The van der Waals surface area contributed by atoms with Crippen LogP contribution in [0.5, 0.6) is 0 Å². The van der Waals surface area contributed by atoms with Crippen LogP contribution in [-0.4, -0.2) is 58.4 Å². The summed E-state index contributed by atoms with van der Waals surface area (Å²) in [6.07, 6.45) is 3.44. The molecule has 3 unspecified atom stereocenters. The number of β-amino-alcohol motifs (C(OH)–C–C–N with tert-alkyl or cyclic N) is 1. The molecule has 3 atom stereocenters. The molecule has 5 nitrogen and oxygen atoms in total. The zero-order valence-electron chi connectivity index (χ0n) is 9.65. The number of carboxylic acids is 1. The maximum absolute atomic E-state index is 10.8. The Labute approximate surface area is 95.4 Å². The summed E-state index contributed by atoms with van der Waals surface area (Å²) in [6.45, 7) is 3.30. The Balaban J connectivity index is 1.93. The summed E-state index contributed by atoms with van der Waals surface area (Å²) in [6, 6.07) is 1.06. The Morgan fingerprint density at radius 1 is 1.44 bits per heavy atom. The van der Waals surface area contributed by atoms with Crippen LogP contribution in [0.2, 0.25) is 0 Å². The molecule has 2 bridgehead atoms. The molecular formula is C11H20N2O3. The third-order valence-corrected chi connectivity index (χ3v) is 3.60. The third kappa shape index (κ3) is 2.53. The Kier molecular flexibility index (Phi) is 3.19. The number of nitrogens with one attached hydrogen (secondary N) is 1. The van der Waals surface area contributed by atoms with Crippen LogP contribution in [0.4, 0.5) is 0 Å². The summed E-state index contributed by atoms with van der Waals surface area (Å²) in [4.78, 5) is 12.9. The maximum Gasteiger partial charge on any atom is 0.336 e. The standard InChI is InChI=1S/C11H20N2O3/c1-11(16,10(14)15)7-13-5-4-8-2-3-9(6-13)12-8/h8-9,12,16H,2-7H2,1H3,(H,14,15). The van der Waals surface area contributed by atoms with Crippen molar-refractivity contribution in [2.24, 2.45) is 0 Å². The lowest BCUT2D eigenvalue weighted by molar-refractivity contribution is -0.158. The molecule has 0 amide bonds. The number of rotatable bonds is 3. The van der Waals surface area contributed by atoms with Gasteiger partial charge in [0.1, 0.15) is 0 Å². The molecule has 0 spiro atoms. The van der Waals surface area contributed by atoms with Gasteiger partial charge in [-0.2, -0.15) is 0 Å². The van der Waals surface area contributed by atoms with Crippen LogP contribution >= 0.6 is 0 Å². The molecule has 2 fully saturated rings. The molecule has 5 heteroatoms. The lowest BCUT2D eigenvalue weighted by Gasteiger charge is -2.29. The van der Waals surface area contributed by atoms with Gasteiger partial charge in [-0.25, -0.2) is 4.79 Å². The van der Waals surface area contributed by atoms with E-state index >= 15 is 0 Å². The summed E-state index contributed by atoms with van der Waals surface area (Å²) >= 11 is 0. The number of likely N-dealkylation sites (tertiary alicyclic amines) is 1. The normalized spacial score (nSPS) is 34.4. The van der Waals surface area contributed by atoms with E-state index in [9.17, 15) is 9.90 Å². The SMILES string of the molecule is CC(O)(CN1CCC2CCC(C1)N2)C(=O)O. The number of nitrogens with zero attached hydrogens (tertiary/aromatic N) is 1. The molecule has 2 aliphatic heterocycles. The van der Waals surface area contributed by atoms with Crippen LogP contribution in [0.1, 0.15) is 26.2 Å². The molecule has 0 radical (unpaired) electrons. The summed E-state index contributed by atoms with van der Waals surface area (Å²) in [5, 5.41) is 22.2. The largest absolute Gasteiger partial charge is 0.479 e. The molecule has 3 N–H and O–H groups in total. The van der Waals surface area contributed by atoms with Gasteiger partial charge >= 0.3 is 5.97 Å². The highest BCUT2D eigenvalue weighted by molar-refractivity contribution is 5.76. The lowest BCUT2D eigenvalue weighted by Crippen LogP contribution is -2.48. The highest BCUT2D eigenvalue weighted by Crippen LogP contribution is 2.21. The first-order valence-electron chi connectivity index (χ1n) is 5.91. The summed E-state index contributed by atoms with van der Waals surface area (Å²) in [7, 11) is 0. The van der Waals surface area contributed by atoms with E-state index in [0.29, 0.717) is 12.1 Å². The minimum absolute atomic E-state index is 0.216. The van der Waals surface area contributed by atoms with Gasteiger partial charge in [-0.1, -0.05) is 0 Å². The van der Waals surface area contributed by atoms with Crippen molar-refractivity contribution in [2.45, 2.75) is 43.9 Å². The highest BCUT2D eigenvalue weighted by atomic mass is 16.4. The molecular weight excluding hydrogens is 208 g/mol. The molecule has 2 aliphatic rings. The molecule has 92 valence electrons. The molecule has 0 aromatic heterocycles. The molecule has 0 aromatic carbocycles. The van der Waals surface area contributed by atoms with Crippen molar-refractivity contribution in [3.05, 3.63) is 0 Å². The molecule has 2 heterocycles. The van der Waals surface area contributed by atoms with Gasteiger partial charge in [0.15, 0.2) is 5.60 Å². The molecule has 0 aliphatic carbocycles. The number of aliphatic carboxylic acids is 1. The van der Waals surface area contributed by atoms with Crippen molar-refractivity contribution in [3.8, 4) is 0 Å². The van der Waals surface area contributed by atoms with E-state index in [1.807, 2.05) is 0 Å². The quantitative estimate of drug-likeness (QED) is 0.615. The zero-order valence-corrected chi connectivity index (χ0v) is 9.65. The Morgan fingerprint density at radius 3 is 2.81 bits per heavy atom. The number of aliphatic hydroxyl groups is 1. The average molecular weight is 228 g/mol. The first kappa shape index (κ1) is 11.8. The van der Waals surface area contributed by atoms with Gasteiger partial charge in [0.05, 0.1) is 0 Å². The topological polar surface area (TPSA) is 72.8 Å². The van der Waals surface area contributed by atoms with Crippen LogP contribution in [0.3, 0.4) is 0 Å². The second-order valence-electron chi connectivity index (χ2n) is 5.24. The highest BCUT2D eigenvalue weighted by Gasteiger charge is 2.36. The van der Waals surface area contributed by atoms with Crippen molar-refractivity contribution in [3.63, 3.8) is 0 Å². The van der Waals surface area contributed by atoms with Gasteiger partial charge < -0.3 is 15.5 Å². The Morgan fingerprint density at radius 2 is 2.12 bits per heavy atom. The van der Waals surface area contributed by atoms with E-state index in [4.69, 9.17) is 5.11 Å². The fourth-order valence-corrected chi connectivity index (χ4v) is 2.66. The van der Waals surface area contributed by atoms with Gasteiger partial charge in [-0.3, -0.25) is 4.90 Å². The van der Waals surface area contributed by atoms with E-state index in [1.165, 1.54) is 13.3 Å². The third-order valence-electron chi connectivity index (χ3n) is 3.60. The number of hydrogen-bond donors (Lipinski definition) is 3. The van der Waals surface area contributed by atoms with Gasteiger partial charge in [0.2, 0.25) is 0 Å². The predicted octanol–water partition coefficient (Wildman–Crippen LogP) is -0.352. The minimum Gasteiger partial charge on any atom is -0.479 e. The van der Waals surface area contributed by atoms with E-state index in [0.717, 1.165) is 25.9 Å². The van der Waals surface area contributed by atoms with E-state index < -0.39 is 11.6 Å². The minimum atomic E-state index is -1.64. The van der Waals surface area contributed by atoms with Gasteiger partial charge in [0.25, 0.3) is 0 Å².